The molecule has 1 unspecified atom stereocenters. The van der Waals surface area contributed by atoms with Gasteiger partial charge in [-0.15, -0.1) is 0 Å². The van der Waals surface area contributed by atoms with Crippen molar-refractivity contribution >= 4 is 63.0 Å². The highest BCUT2D eigenvalue weighted by atomic mass is 33.1. The molecule has 12 nitrogen and oxygen atoms in total. The molecule has 0 saturated carbocycles. The number of hydrogen-bond acceptors (Lipinski definition) is 9. The molecule has 14 heteroatoms. The summed E-state index contributed by atoms with van der Waals surface area (Å²) in [5, 5.41) is 14.1. The van der Waals surface area contributed by atoms with Crippen LogP contribution in [0, 0.1) is 0 Å². The van der Waals surface area contributed by atoms with Crippen molar-refractivity contribution in [3.8, 4) is 0 Å². The number of carbonyl (C=O) groups is 6. The van der Waals surface area contributed by atoms with E-state index in [-0.39, 0.29) is 68.5 Å². The topological polar surface area (TPSA) is 162 Å². The van der Waals surface area contributed by atoms with Crippen molar-refractivity contribution in [2.75, 3.05) is 24.2 Å². The first-order chi connectivity index (χ1) is 20.6. The van der Waals surface area contributed by atoms with Gasteiger partial charge in [-0.25, -0.2) is 4.79 Å². The first-order valence-electron chi connectivity index (χ1n) is 13.6. The van der Waals surface area contributed by atoms with Crippen molar-refractivity contribution in [2.45, 2.75) is 50.6 Å². The van der Waals surface area contributed by atoms with E-state index in [0.29, 0.717) is 22.6 Å². The van der Waals surface area contributed by atoms with Gasteiger partial charge < -0.3 is 19.6 Å². The van der Waals surface area contributed by atoms with Crippen LogP contribution < -0.4 is 10.6 Å². The van der Waals surface area contributed by atoms with E-state index in [1.165, 1.54) is 31.4 Å². The number of carboxylic acids is 1. The average molecular weight is 629 g/mol. The van der Waals surface area contributed by atoms with Crippen LogP contribution in [0.15, 0.2) is 48.5 Å². The molecule has 5 amide bonds. The molecular formula is C29H32N4O8S2. The van der Waals surface area contributed by atoms with Gasteiger partial charge in [0, 0.05) is 53.7 Å². The number of nitrogens with one attached hydrogen (secondary N) is 2. The van der Waals surface area contributed by atoms with Crippen LogP contribution in [-0.2, 0) is 37.0 Å². The van der Waals surface area contributed by atoms with Crippen LogP contribution in [0.2, 0.25) is 0 Å². The third kappa shape index (κ3) is 8.74. The van der Waals surface area contributed by atoms with Crippen LogP contribution in [0.3, 0.4) is 0 Å². The highest BCUT2D eigenvalue weighted by Gasteiger charge is 2.40. The van der Waals surface area contributed by atoms with Crippen molar-refractivity contribution in [1.29, 1.82) is 0 Å². The Morgan fingerprint density at radius 3 is 2.63 bits per heavy atom. The number of carboxylic acid groups (broad SMARTS) is 1. The highest BCUT2D eigenvalue weighted by molar-refractivity contribution is 8.76. The van der Waals surface area contributed by atoms with E-state index >= 15 is 0 Å². The highest BCUT2D eigenvalue weighted by Crippen LogP contribution is 2.33. The van der Waals surface area contributed by atoms with Crippen molar-refractivity contribution in [3.05, 3.63) is 65.2 Å². The van der Waals surface area contributed by atoms with E-state index in [1.54, 1.807) is 18.2 Å². The van der Waals surface area contributed by atoms with Gasteiger partial charge in [0.15, 0.2) is 0 Å². The summed E-state index contributed by atoms with van der Waals surface area (Å²) >= 11 is 0. The molecular weight excluding hydrogens is 596 g/mol. The second kappa shape index (κ2) is 14.9. The summed E-state index contributed by atoms with van der Waals surface area (Å²) in [6.45, 7) is 1.93. The zero-order chi connectivity index (χ0) is 30.9. The Morgan fingerprint density at radius 2 is 1.91 bits per heavy atom. The van der Waals surface area contributed by atoms with Crippen LogP contribution in [0.4, 0.5) is 10.5 Å². The van der Waals surface area contributed by atoms with Crippen LogP contribution in [0.25, 0.3) is 0 Å². The van der Waals surface area contributed by atoms with E-state index in [0.717, 1.165) is 5.56 Å². The van der Waals surface area contributed by atoms with Gasteiger partial charge in [-0.1, -0.05) is 64.9 Å². The minimum Gasteiger partial charge on any atom is -0.480 e. The number of anilines is 1. The molecule has 1 saturated heterocycles. The van der Waals surface area contributed by atoms with E-state index in [9.17, 15) is 33.9 Å². The minimum absolute atomic E-state index is 0.0969. The third-order valence-corrected chi connectivity index (χ3v) is 9.67. The summed E-state index contributed by atoms with van der Waals surface area (Å²) in [6, 6.07) is 13.4. The molecule has 0 radical (unpaired) electrons. The Labute approximate surface area is 256 Å². The molecule has 2 atom stereocenters. The molecule has 0 spiro atoms. The number of amides is 5. The van der Waals surface area contributed by atoms with Gasteiger partial charge in [0.1, 0.15) is 19.2 Å². The Hall–Kier alpha value is -4.04. The lowest BCUT2D eigenvalue weighted by atomic mass is 10.0. The van der Waals surface area contributed by atoms with Crippen LogP contribution in [0.5, 0.6) is 0 Å². The van der Waals surface area contributed by atoms with Crippen LogP contribution in [0.1, 0.15) is 47.7 Å². The van der Waals surface area contributed by atoms with Gasteiger partial charge in [-0.2, -0.15) is 0 Å². The van der Waals surface area contributed by atoms with Gasteiger partial charge in [0.05, 0.1) is 0 Å². The monoisotopic (exact) mass is 628 g/mol. The fourth-order valence-electron chi connectivity index (χ4n) is 4.79. The van der Waals surface area contributed by atoms with Crippen molar-refractivity contribution in [2.24, 2.45) is 0 Å². The molecule has 2 aromatic rings. The molecule has 228 valence electrons. The van der Waals surface area contributed by atoms with E-state index < -0.39 is 24.0 Å². The summed E-state index contributed by atoms with van der Waals surface area (Å²) in [5.41, 5.74) is 2.20. The Kier molecular flexibility index (Phi) is 11.1. The maximum absolute atomic E-state index is 13.0. The van der Waals surface area contributed by atoms with E-state index in [4.69, 9.17) is 4.74 Å². The molecule has 0 aliphatic carbocycles. The number of ether oxygens (including phenoxy) is 1. The molecule has 1 fully saturated rings. The molecule has 43 heavy (non-hydrogen) atoms. The number of fused-ring (bicyclic) bond motifs is 1. The Balaban J connectivity index is 1.19. The second-order valence-corrected chi connectivity index (χ2v) is 13.0. The molecule has 0 bridgehead atoms. The molecule has 3 N–H and O–H groups in total. The van der Waals surface area contributed by atoms with Crippen molar-refractivity contribution in [1.82, 2.24) is 15.1 Å². The van der Waals surface area contributed by atoms with Gasteiger partial charge >= 0.3 is 12.1 Å². The number of aliphatic carboxylic acids is 1. The molecule has 2 heterocycles. The lowest BCUT2D eigenvalue weighted by molar-refractivity contribution is -0.144. The lowest BCUT2D eigenvalue weighted by Crippen LogP contribution is -2.52. The lowest BCUT2D eigenvalue weighted by Gasteiger charge is -2.29. The predicted octanol–water partition coefficient (Wildman–Crippen LogP) is 3.27. The van der Waals surface area contributed by atoms with Crippen molar-refractivity contribution < 1.29 is 38.6 Å². The largest absolute Gasteiger partial charge is 0.480 e. The minimum atomic E-state index is -1.08. The molecule has 2 aliphatic rings. The smallest absolute Gasteiger partial charge is 0.411 e. The standard InChI is InChI=1S/C29H32N4O8S2/c1-18(14-25(35)32(17-26(36)37)15-19-6-3-2-4-7-19)43-42-13-12-41-29(40)30-22-9-5-8-20-21(22)16-33(28(20)39)23-10-11-24(34)31-27(23)38/h2-9,18,23H,10-17H2,1H3,(H,30,40)(H,36,37)(H,31,34,38)/t18-,23?/m1/s1. The number of nitrogens with zero attached hydrogens (tertiary/aromatic N) is 2. The molecule has 2 aromatic carbocycles. The summed E-state index contributed by atoms with van der Waals surface area (Å²) in [5.74, 6) is -2.09. The van der Waals surface area contributed by atoms with Gasteiger partial charge in [-0.05, 0) is 24.1 Å². The predicted molar refractivity (Wildman–Crippen MR) is 161 cm³/mol. The molecule has 2 aliphatic heterocycles. The van der Waals surface area contributed by atoms with Gasteiger partial charge in [-0.3, -0.25) is 34.6 Å². The van der Waals surface area contributed by atoms with Crippen molar-refractivity contribution in [3.63, 3.8) is 0 Å². The normalized spacial score (nSPS) is 16.7. The number of hydrogen-bond donors (Lipinski definition) is 3. The third-order valence-electron chi connectivity index (χ3n) is 6.81. The summed E-state index contributed by atoms with van der Waals surface area (Å²) in [6.07, 6.45) is -0.144. The number of imide groups is 1. The molecule has 4 rings (SSSR count). The first kappa shape index (κ1) is 31.9. The van der Waals surface area contributed by atoms with E-state index in [2.05, 4.69) is 10.6 Å². The first-order valence-corrected chi connectivity index (χ1v) is 16.0. The van der Waals surface area contributed by atoms with E-state index in [1.807, 2.05) is 37.3 Å². The maximum atomic E-state index is 13.0. The van der Waals surface area contributed by atoms with Crippen LogP contribution >= 0.6 is 21.6 Å². The second-order valence-electron chi connectivity index (χ2n) is 10.1. The van der Waals surface area contributed by atoms with Gasteiger partial charge in [0.25, 0.3) is 5.91 Å². The fourth-order valence-corrected chi connectivity index (χ4v) is 6.87. The SMILES string of the molecule is C[C@H](CC(=O)N(CC(=O)O)Cc1ccccc1)SSCCOC(=O)Nc1cccc2c1CN(C1CCC(=O)NC1=O)C2=O. The zero-order valence-electron chi connectivity index (χ0n) is 23.4. The molecule has 0 aromatic heterocycles. The summed E-state index contributed by atoms with van der Waals surface area (Å²) in [4.78, 5) is 76.0. The number of piperidine rings is 1. The van der Waals surface area contributed by atoms with Crippen LogP contribution in [-0.4, -0.2) is 80.8 Å². The van der Waals surface area contributed by atoms with Gasteiger partial charge in [0.2, 0.25) is 17.7 Å². The Morgan fingerprint density at radius 1 is 1.14 bits per heavy atom. The quantitative estimate of drug-likeness (QED) is 0.171. The maximum Gasteiger partial charge on any atom is 0.411 e. The number of rotatable bonds is 13. The summed E-state index contributed by atoms with van der Waals surface area (Å²) < 4.78 is 5.29. The summed E-state index contributed by atoms with van der Waals surface area (Å²) in [7, 11) is 2.88. The fraction of sp³-hybridized carbons (Fsp3) is 0.379. The average Bonchev–Trinajstić information content (AvgIpc) is 3.29. The zero-order valence-corrected chi connectivity index (χ0v) is 25.1. The number of benzene rings is 2. The number of carbonyl (C=O) groups excluding carboxylic acids is 5. The Bertz CT molecular complexity index is 1390.